The van der Waals surface area contributed by atoms with Crippen LogP contribution in [0.25, 0.3) is 0 Å². The Morgan fingerprint density at radius 1 is 1.24 bits per heavy atom. The number of rotatable bonds is 3. The van der Waals surface area contributed by atoms with Crippen LogP contribution in [0.2, 0.25) is 0 Å². The van der Waals surface area contributed by atoms with Gasteiger partial charge in [0.1, 0.15) is 12.1 Å². The lowest BCUT2D eigenvalue weighted by molar-refractivity contribution is -0.151. The normalized spacial score (nSPS) is 31.3. The maximum atomic E-state index is 12.7. The lowest BCUT2D eigenvalue weighted by atomic mass is 10.0. The second-order valence-electron chi connectivity index (χ2n) is 5.42. The molecule has 1 N–H and O–H groups in total. The largest absolute Gasteiger partial charge is 0.480 e. The molecule has 0 bridgehead atoms. The minimum Gasteiger partial charge on any atom is -0.480 e. The summed E-state index contributed by atoms with van der Waals surface area (Å²) in [7, 11) is -3.47. The predicted octanol–water partition coefficient (Wildman–Crippen LogP) is 0.175. The molecule has 2 aliphatic rings. The summed E-state index contributed by atoms with van der Waals surface area (Å²) in [5.41, 5.74) is 0. The van der Waals surface area contributed by atoms with Crippen LogP contribution in [0.15, 0.2) is 0 Å². The lowest BCUT2D eigenvalue weighted by Crippen LogP contribution is -2.56. The van der Waals surface area contributed by atoms with Crippen molar-refractivity contribution in [1.29, 1.82) is 0 Å². The molecular weight excluding hydrogens is 316 g/mol. The maximum absolute atomic E-state index is 12.7. The molecule has 2 heterocycles. The molecule has 0 aromatic heterocycles. The Balaban J connectivity index is 2.26. The van der Waals surface area contributed by atoms with Gasteiger partial charge in [-0.1, -0.05) is 6.42 Å². The highest BCUT2D eigenvalue weighted by Crippen LogP contribution is 2.32. The number of sulfonamides is 1. The van der Waals surface area contributed by atoms with Crippen molar-refractivity contribution in [3.05, 3.63) is 0 Å². The van der Waals surface area contributed by atoms with E-state index < -0.39 is 28.1 Å². The SMILES string of the molecule is CC1SCC(C(=O)O)N1C(=O)C1CCCCN1S(C)(=O)=O. The van der Waals surface area contributed by atoms with Gasteiger partial charge in [0, 0.05) is 12.3 Å². The van der Waals surface area contributed by atoms with Gasteiger partial charge in [-0.2, -0.15) is 4.31 Å². The zero-order valence-corrected chi connectivity index (χ0v) is 13.7. The molecular formula is C12H20N2O5S2. The molecule has 0 spiro atoms. The van der Waals surface area contributed by atoms with Gasteiger partial charge in [0.15, 0.2) is 0 Å². The number of aliphatic carboxylic acids is 1. The maximum Gasteiger partial charge on any atom is 0.327 e. The predicted molar refractivity (Wildman–Crippen MR) is 79.4 cm³/mol. The van der Waals surface area contributed by atoms with Gasteiger partial charge in [-0.05, 0) is 19.8 Å². The summed E-state index contributed by atoms with van der Waals surface area (Å²) in [5.74, 6) is -1.08. The highest BCUT2D eigenvalue weighted by molar-refractivity contribution is 8.00. The van der Waals surface area contributed by atoms with Crippen molar-refractivity contribution in [1.82, 2.24) is 9.21 Å². The fraction of sp³-hybridized carbons (Fsp3) is 0.833. The minimum atomic E-state index is -3.47. The summed E-state index contributed by atoms with van der Waals surface area (Å²) in [4.78, 5) is 25.3. The number of nitrogens with zero attached hydrogens (tertiary/aromatic N) is 2. The van der Waals surface area contributed by atoms with Crippen LogP contribution in [0.1, 0.15) is 26.2 Å². The van der Waals surface area contributed by atoms with Gasteiger partial charge in [-0.15, -0.1) is 11.8 Å². The van der Waals surface area contributed by atoms with Gasteiger partial charge in [0.2, 0.25) is 15.9 Å². The van der Waals surface area contributed by atoms with Gasteiger partial charge in [0.05, 0.1) is 11.6 Å². The quantitative estimate of drug-likeness (QED) is 0.790. The second kappa shape index (κ2) is 6.13. The molecule has 3 atom stereocenters. The van der Waals surface area contributed by atoms with E-state index in [1.807, 2.05) is 0 Å². The molecule has 9 heteroatoms. The zero-order chi connectivity index (χ0) is 15.8. The highest BCUT2D eigenvalue weighted by Gasteiger charge is 2.45. The van der Waals surface area contributed by atoms with Crippen LogP contribution in [0, 0.1) is 0 Å². The first-order valence-electron chi connectivity index (χ1n) is 6.87. The van der Waals surface area contributed by atoms with Gasteiger partial charge in [0.25, 0.3) is 0 Å². The molecule has 2 fully saturated rings. The first-order chi connectivity index (χ1) is 9.73. The summed E-state index contributed by atoms with van der Waals surface area (Å²) in [6.45, 7) is 2.10. The molecule has 0 aromatic carbocycles. The van der Waals surface area contributed by atoms with Crippen molar-refractivity contribution in [3.8, 4) is 0 Å². The van der Waals surface area contributed by atoms with Crippen LogP contribution in [-0.4, -0.2) is 70.6 Å². The van der Waals surface area contributed by atoms with E-state index in [0.717, 1.165) is 19.1 Å². The van der Waals surface area contributed by atoms with Crippen molar-refractivity contribution >= 4 is 33.7 Å². The van der Waals surface area contributed by atoms with E-state index in [-0.39, 0.29) is 11.3 Å². The monoisotopic (exact) mass is 336 g/mol. The minimum absolute atomic E-state index is 0.248. The summed E-state index contributed by atoms with van der Waals surface area (Å²) in [5, 5.41) is 8.99. The molecule has 3 unspecified atom stereocenters. The standard InChI is InChI=1S/C12H20N2O5S2/c1-8-14(10(7-20-8)12(16)17)11(15)9-5-3-4-6-13(9)21(2,18)19/h8-10H,3-7H2,1-2H3,(H,16,17). The fourth-order valence-electron chi connectivity index (χ4n) is 2.89. The Labute approximate surface area is 128 Å². The Hall–Kier alpha value is -0.800. The third-order valence-electron chi connectivity index (χ3n) is 3.93. The van der Waals surface area contributed by atoms with Crippen molar-refractivity contribution in [3.63, 3.8) is 0 Å². The Kier molecular flexibility index (Phi) is 4.84. The van der Waals surface area contributed by atoms with E-state index in [1.54, 1.807) is 6.92 Å². The van der Waals surface area contributed by atoms with Gasteiger partial charge < -0.3 is 10.0 Å². The Morgan fingerprint density at radius 2 is 1.90 bits per heavy atom. The van der Waals surface area contributed by atoms with E-state index in [4.69, 9.17) is 0 Å². The van der Waals surface area contributed by atoms with E-state index in [2.05, 4.69) is 0 Å². The number of thioether (sulfide) groups is 1. The van der Waals surface area contributed by atoms with E-state index in [1.165, 1.54) is 21.0 Å². The third kappa shape index (κ3) is 3.35. The molecule has 2 saturated heterocycles. The van der Waals surface area contributed by atoms with Gasteiger partial charge >= 0.3 is 5.97 Å². The van der Waals surface area contributed by atoms with Crippen molar-refractivity contribution < 1.29 is 23.1 Å². The first kappa shape index (κ1) is 16.6. The molecule has 0 aromatic rings. The van der Waals surface area contributed by atoms with Crippen molar-refractivity contribution in [2.24, 2.45) is 0 Å². The van der Waals surface area contributed by atoms with Crippen LogP contribution < -0.4 is 0 Å². The average molecular weight is 336 g/mol. The van der Waals surface area contributed by atoms with Crippen LogP contribution >= 0.6 is 11.8 Å². The molecule has 2 aliphatic heterocycles. The zero-order valence-electron chi connectivity index (χ0n) is 12.1. The lowest BCUT2D eigenvalue weighted by Gasteiger charge is -2.37. The molecule has 21 heavy (non-hydrogen) atoms. The summed E-state index contributed by atoms with van der Waals surface area (Å²) in [6.07, 6.45) is 3.04. The summed E-state index contributed by atoms with van der Waals surface area (Å²) < 4.78 is 24.9. The van der Waals surface area contributed by atoms with E-state index >= 15 is 0 Å². The van der Waals surface area contributed by atoms with Crippen LogP contribution in [-0.2, 0) is 19.6 Å². The van der Waals surface area contributed by atoms with Crippen LogP contribution in [0.3, 0.4) is 0 Å². The number of amides is 1. The van der Waals surface area contributed by atoms with Crippen molar-refractivity contribution in [2.75, 3.05) is 18.6 Å². The molecule has 0 saturated carbocycles. The smallest absolute Gasteiger partial charge is 0.327 e. The second-order valence-corrected chi connectivity index (χ2v) is 8.70. The number of hydrogen-bond donors (Lipinski definition) is 1. The van der Waals surface area contributed by atoms with Crippen molar-refractivity contribution in [2.45, 2.75) is 43.6 Å². The number of carboxylic acids is 1. The van der Waals surface area contributed by atoms with Gasteiger partial charge in [-0.3, -0.25) is 4.79 Å². The number of hydrogen-bond acceptors (Lipinski definition) is 5. The highest BCUT2D eigenvalue weighted by atomic mass is 32.2. The molecule has 2 rings (SSSR count). The van der Waals surface area contributed by atoms with E-state index in [9.17, 15) is 23.1 Å². The molecule has 0 aliphatic carbocycles. The summed E-state index contributed by atoms with van der Waals surface area (Å²) >= 11 is 1.40. The Morgan fingerprint density at radius 3 is 2.48 bits per heavy atom. The summed E-state index contributed by atoms with van der Waals surface area (Å²) in [6, 6.07) is -1.64. The van der Waals surface area contributed by atoms with Crippen LogP contribution in [0.5, 0.6) is 0 Å². The van der Waals surface area contributed by atoms with Crippen LogP contribution in [0.4, 0.5) is 0 Å². The topological polar surface area (TPSA) is 95.0 Å². The number of carbonyl (C=O) groups excluding carboxylic acids is 1. The first-order valence-corrected chi connectivity index (χ1v) is 9.76. The third-order valence-corrected chi connectivity index (χ3v) is 6.43. The van der Waals surface area contributed by atoms with E-state index in [0.29, 0.717) is 18.7 Å². The molecule has 120 valence electrons. The molecule has 0 radical (unpaired) electrons. The fourth-order valence-corrected chi connectivity index (χ4v) is 5.18. The average Bonchev–Trinajstić information content (AvgIpc) is 2.79. The number of carboxylic acid groups (broad SMARTS) is 1. The molecule has 1 amide bonds. The Bertz CT molecular complexity index is 536. The molecule has 7 nitrogen and oxygen atoms in total. The number of carbonyl (C=O) groups is 2. The van der Waals surface area contributed by atoms with Gasteiger partial charge in [-0.25, -0.2) is 13.2 Å². The number of piperidine rings is 1.